The molecular weight excluding hydrogens is 332 g/mol. The van der Waals surface area contributed by atoms with E-state index in [2.05, 4.69) is 5.32 Å². The number of carbonyl (C=O) groups is 2. The number of nitrogens with one attached hydrogen (secondary N) is 1. The third kappa shape index (κ3) is 4.32. The molecule has 5 nitrogen and oxygen atoms in total. The number of hydrogen-bond acceptors (Lipinski definition) is 4. The van der Waals surface area contributed by atoms with Crippen LogP contribution in [0.25, 0.3) is 11.1 Å². The van der Waals surface area contributed by atoms with E-state index in [-0.39, 0.29) is 30.0 Å². The first-order valence-corrected chi connectivity index (χ1v) is 7.56. The summed E-state index contributed by atoms with van der Waals surface area (Å²) in [6, 6.07) is 5.84. The summed E-state index contributed by atoms with van der Waals surface area (Å²) >= 11 is 0. The number of carbonyl (C=O) groups excluding carboxylic acids is 2. The second-order valence-electron chi connectivity index (χ2n) is 5.30. The van der Waals surface area contributed by atoms with E-state index in [0.29, 0.717) is 11.1 Å². The van der Waals surface area contributed by atoms with Gasteiger partial charge in [-0.3, -0.25) is 9.59 Å². The van der Waals surface area contributed by atoms with Crippen LogP contribution in [0.1, 0.15) is 22.8 Å². The lowest BCUT2D eigenvalue weighted by atomic mass is 9.98. The zero-order valence-corrected chi connectivity index (χ0v) is 13.7. The molecule has 0 aliphatic heterocycles. The van der Waals surface area contributed by atoms with Crippen LogP contribution in [0.2, 0.25) is 0 Å². The first kappa shape index (κ1) is 18.4. The van der Waals surface area contributed by atoms with Crippen LogP contribution in [0, 0.1) is 18.6 Å². The summed E-state index contributed by atoms with van der Waals surface area (Å²) in [5, 5.41) is 12.4. The maximum Gasteiger partial charge on any atom is 0.325 e. The highest BCUT2D eigenvalue weighted by molar-refractivity contribution is 6.00. The molecule has 0 unspecified atom stereocenters. The third-order valence-corrected chi connectivity index (χ3v) is 3.49. The SMILES string of the molecule is CCOC(=O)CNC(=O)c1cc(-c2ccc(F)cc2F)cc(C)c1O. The number of phenols is 1. The standard InChI is InChI=1S/C18H17F2NO4/c1-3-25-16(22)9-21-18(24)14-7-11(6-10(2)17(14)23)13-5-4-12(19)8-15(13)20/h4-8,23H,3,9H2,1-2H3,(H,21,24). The monoisotopic (exact) mass is 349 g/mol. The number of phenolic OH excluding ortho intramolecular Hbond substituents is 1. The van der Waals surface area contributed by atoms with E-state index >= 15 is 0 Å². The zero-order valence-electron chi connectivity index (χ0n) is 13.7. The van der Waals surface area contributed by atoms with Gasteiger partial charge in [0.1, 0.15) is 23.9 Å². The number of aromatic hydroxyl groups is 1. The van der Waals surface area contributed by atoms with Gasteiger partial charge in [0.05, 0.1) is 12.2 Å². The van der Waals surface area contributed by atoms with Crippen LogP contribution in [-0.4, -0.2) is 30.1 Å². The minimum atomic E-state index is -0.789. The molecule has 2 aromatic rings. The van der Waals surface area contributed by atoms with E-state index in [0.717, 1.165) is 12.1 Å². The summed E-state index contributed by atoms with van der Waals surface area (Å²) in [7, 11) is 0. The molecular formula is C18H17F2NO4. The van der Waals surface area contributed by atoms with Crippen molar-refractivity contribution in [1.29, 1.82) is 0 Å². The van der Waals surface area contributed by atoms with Crippen LogP contribution in [0.5, 0.6) is 5.75 Å². The highest BCUT2D eigenvalue weighted by Gasteiger charge is 2.18. The van der Waals surface area contributed by atoms with Gasteiger partial charge in [-0.05, 0) is 49.2 Å². The number of benzene rings is 2. The Bertz CT molecular complexity index is 821. The second-order valence-corrected chi connectivity index (χ2v) is 5.30. The van der Waals surface area contributed by atoms with Crippen molar-refractivity contribution in [2.24, 2.45) is 0 Å². The lowest BCUT2D eigenvalue weighted by Gasteiger charge is -2.12. The smallest absolute Gasteiger partial charge is 0.325 e. The molecule has 0 atom stereocenters. The average molecular weight is 349 g/mol. The van der Waals surface area contributed by atoms with Crippen LogP contribution in [0.4, 0.5) is 8.78 Å². The largest absolute Gasteiger partial charge is 0.507 e. The van der Waals surface area contributed by atoms with E-state index in [1.165, 1.54) is 18.2 Å². The molecule has 0 aliphatic carbocycles. The molecule has 0 saturated heterocycles. The van der Waals surface area contributed by atoms with Gasteiger partial charge < -0.3 is 15.2 Å². The van der Waals surface area contributed by atoms with Gasteiger partial charge >= 0.3 is 5.97 Å². The summed E-state index contributed by atoms with van der Waals surface area (Å²) in [6.45, 7) is 3.00. The van der Waals surface area contributed by atoms with Crippen molar-refractivity contribution >= 4 is 11.9 Å². The second kappa shape index (κ2) is 7.74. The van der Waals surface area contributed by atoms with Crippen molar-refractivity contribution in [2.45, 2.75) is 13.8 Å². The highest BCUT2D eigenvalue weighted by Crippen LogP contribution is 2.31. The van der Waals surface area contributed by atoms with E-state index in [1.54, 1.807) is 13.8 Å². The molecule has 132 valence electrons. The number of rotatable bonds is 5. The topological polar surface area (TPSA) is 75.6 Å². The fourth-order valence-corrected chi connectivity index (χ4v) is 2.29. The zero-order chi connectivity index (χ0) is 18.6. The number of ether oxygens (including phenoxy) is 1. The Kier molecular flexibility index (Phi) is 5.69. The maximum absolute atomic E-state index is 14.0. The number of halogens is 2. The first-order chi connectivity index (χ1) is 11.8. The minimum Gasteiger partial charge on any atom is -0.507 e. The molecule has 7 heteroatoms. The third-order valence-electron chi connectivity index (χ3n) is 3.49. The summed E-state index contributed by atoms with van der Waals surface area (Å²) in [5.41, 5.74) is 0.601. The van der Waals surface area contributed by atoms with Gasteiger partial charge in [-0.2, -0.15) is 0 Å². The lowest BCUT2D eigenvalue weighted by molar-refractivity contribution is -0.141. The Morgan fingerprint density at radius 2 is 1.92 bits per heavy atom. The van der Waals surface area contributed by atoms with Crippen molar-refractivity contribution in [1.82, 2.24) is 5.32 Å². The van der Waals surface area contributed by atoms with Crippen molar-refractivity contribution in [3.8, 4) is 16.9 Å². The van der Waals surface area contributed by atoms with Crippen LogP contribution in [0.15, 0.2) is 30.3 Å². The van der Waals surface area contributed by atoms with Gasteiger partial charge in [0.15, 0.2) is 0 Å². The molecule has 2 N–H and O–H groups in total. The summed E-state index contributed by atoms with van der Waals surface area (Å²) < 4.78 is 31.7. The predicted octanol–water partition coefficient (Wildman–Crippen LogP) is 2.94. The van der Waals surface area contributed by atoms with Crippen LogP contribution < -0.4 is 5.32 Å². The van der Waals surface area contributed by atoms with Crippen molar-refractivity contribution in [3.05, 3.63) is 53.1 Å². The molecule has 0 radical (unpaired) electrons. The number of amides is 1. The Morgan fingerprint density at radius 1 is 1.20 bits per heavy atom. The Balaban J connectivity index is 2.34. The molecule has 0 aromatic heterocycles. The molecule has 2 aromatic carbocycles. The van der Waals surface area contributed by atoms with Gasteiger partial charge in [0, 0.05) is 11.6 Å². The van der Waals surface area contributed by atoms with Crippen molar-refractivity contribution in [3.63, 3.8) is 0 Å². The quantitative estimate of drug-likeness (QED) is 0.814. The molecule has 0 saturated carbocycles. The van der Waals surface area contributed by atoms with E-state index in [4.69, 9.17) is 4.74 Å². The van der Waals surface area contributed by atoms with Gasteiger partial charge in [-0.25, -0.2) is 8.78 Å². The van der Waals surface area contributed by atoms with Gasteiger partial charge in [0.2, 0.25) is 0 Å². The fraction of sp³-hybridized carbons (Fsp3) is 0.222. The lowest BCUT2D eigenvalue weighted by Crippen LogP contribution is -2.30. The molecule has 0 fully saturated rings. The molecule has 0 spiro atoms. The minimum absolute atomic E-state index is 0.0870. The maximum atomic E-state index is 14.0. The highest BCUT2D eigenvalue weighted by atomic mass is 19.1. The predicted molar refractivity (Wildman–Crippen MR) is 87.2 cm³/mol. The average Bonchev–Trinajstić information content (AvgIpc) is 2.55. The molecule has 2 rings (SSSR count). The molecule has 0 heterocycles. The summed E-state index contributed by atoms with van der Waals surface area (Å²) in [6.07, 6.45) is 0. The van der Waals surface area contributed by atoms with Crippen LogP contribution in [0.3, 0.4) is 0 Å². The van der Waals surface area contributed by atoms with Crippen LogP contribution in [-0.2, 0) is 9.53 Å². The molecule has 0 aliphatic rings. The van der Waals surface area contributed by atoms with E-state index in [9.17, 15) is 23.5 Å². The molecule has 25 heavy (non-hydrogen) atoms. The number of hydrogen-bond donors (Lipinski definition) is 2. The molecule has 1 amide bonds. The van der Waals surface area contributed by atoms with Crippen molar-refractivity contribution < 1.29 is 28.2 Å². The Hall–Kier alpha value is -2.96. The normalized spacial score (nSPS) is 10.4. The van der Waals surface area contributed by atoms with E-state index < -0.39 is 23.5 Å². The first-order valence-electron chi connectivity index (χ1n) is 7.56. The van der Waals surface area contributed by atoms with Gasteiger partial charge in [-0.1, -0.05) is 0 Å². The fourth-order valence-electron chi connectivity index (χ4n) is 2.29. The Morgan fingerprint density at radius 3 is 2.56 bits per heavy atom. The van der Waals surface area contributed by atoms with Gasteiger partial charge in [-0.15, -0.1) is 0 Å². The van der Waals surface area contributed by atoms with E-state index in [1.807, 2.05) is 0 Å². The summed E-state index contributed by atoms with van der Waals surface area (Å²) in [5.74, 6) is -3.12. The molecule has 0 bridgehead atoms. The van der Waals surface area contributed by atoms with Crippen LogP contribution >= 0.6 is 0 Å². The Labute approximate surface area is 143 Å². The number of aryl methyl sites for hydroxylation is 1. The van der Waals surface area contributed by atoms with Gasteiger partial charge in [0.25, 0.3) is 5.91 Å². The van der Waals surface area contributed by atoms with Crippen molar-refractivity contribution in [2.75, 3.05) is 13.2 Å². The summed E-state index contributed by atoms with van der Waals surface area (Å²) in [4.78, 5) is 23.5. The number of esters is 1.